The maximum Gasteiger partial charge on any atom is 0.133 e. The van der Waals surface area contributed by atoms with E-state index in [4.69, 9.17) is 23.9 Å². The number of ether oxygens (including phenoxy) is 4. The van der Waals surface area contributed by atoms with Crippen LogP contribution in [-0.4, -0.2) is 42.1 Å². The minimum atomic E-state index is -0.692. The van der Waals surface area contributed by atoms with Crippen LogP contribution in [0.1, 0.15) is 50.3 Å². The molecule has 0 saturated carbocycles. The molecule has 4 rings (SSSR count). The van der Waals surface area contributed by atoms with Crippen molar-refractivity contribution < 1.29 is 24.1 Å². The minimum Gasteiger partial charge on any atom is -0.493 e. The molecule has 34 heavy (non-hydrogen) atoms. The lowest BCUT2D eigenvalue weighted by Crippen LogP contribution is -2.37. The molecule has 1 fully saturated rings. The predicted octanol–water partition coefficient (Wildman–Crippen LogP) is 5.61. The van der Waals surface area contributed by atoms with Crippen molar-refractivity contribution in [3.8, 4) is 17.2 Å². The first kappa shape index (κ1) is 24.3. The first-order valence-corrected chi connectivity index (χ1v) is 12.2. The van der Waals surface area contributed by atoms with Crippen molar-refractivity contribution in [1.82, 2.24) is 4.98 Å². The van der Waals surface area contributed by atoms with Gasteiger partial charge >= 0.3 is 0 Å². The summed E-state index contributed by atoms with van der Waals surface area (Å²) in [7, 11) is 0. The fourth-order valence-corrected chi connectivity index (χ4v) is 4.14. The van der Waals surface area contributed by atoms with Crippen LogP contribution in [0.3, 0.4) is 0 Å². The van der Waals surface area contributed by atoms with Gasteiger partial charge in [0.15, 0.2) is 0 Å². The highest BCUT2D eigenvalue weighted by Crippen LogP contribution is 2.31. The molecular formula is C28H35NO5. The number of rotatable bonds is 11. The zero-order valence-corrected chi connectivity index (χ0v) is 20.2. The normalized spacial score (nSPS) is 15.3. The summed E-state index contributed by atoms with van der Waals surface area (Å²) in [6.45, 7) is 6.88. The third-order valence-electron chi connectivity index (χ3n) is 6.36. The number of nitrogens with zero attached hydrogens (tertiary/aromatic N) is 1. The molecule has 6 heteroatoms. The van der Waals surface area contributed by atoms with Gasteiger partial charge in [0.1, 0.15) is 23.9 Å². The van der Waals surface area contributed by atoms with Gasteiger partial charge in [-0.3, -0.25) is 0 Å². The van der Waals surface area contributed by atoms with E-state index in [1.165, 1.54) is 0 Å². The number of para-hydroxylation sites is 1. The minimum absolute atomic E-state index is 0.337. The first-order valence-electron chi connectivity index (χ1n) is 12.2. The Labute approximate surface area is 201 Å². The molecule has 0 atom stereocenters. The Kier molecular flexibility index (Phi) is 8.25. The van der Waals surface area contributed by atoms with Crippen LogP contribution in [0.25, 0.3) is 10.9 Å². The van der Waals surface area contributed by atoms with Gasteiger partial charge < -0.3 is 24.1 Å². The summed E-state index contributed by atoms with van der Waals surface area (Å²) in [6.07, 6.45) is 4.00. The van der Waals surface area contributed by atoms with Crippen LogP contribution in [0.15, 0.2) is 48.5 Å². The van der Waals surface area contributed by atoms with Gasteiger partial charge in [-0.25, -0.2) is 4.98 Å². The van der Waals surface area contributed by atoms with Crippen molar-refractivity contribution in [1.29, 1.82) is 0 Å². The van der Waals surface area contributed by atoms with E-state index in [-0.39, 0.29) is 0 Å². The first-order chi connectivity index (χ1) is 16.6. The monoisotopic (exact) mass is 465 g/mol. The van der Waals surface area contributed by atoms with Crippen molar-refractivity contribution in [2.75, 3.05) is 26.4 Å². The van der Waals surface area contributed by atoms with E-state index < -0.39 is 5.60 Å². The Morgan fingerprint density at radius 3 is 2.53 bits per heavy atom. The van der Waals surface area contributed by atoms with Crippen LogP contribution >= 0.6 is 0 Å². The fourth-order valence-electron chi connectivity index (χ4n) is 4.14. The van der Waals surface area contributed by atoms with Gasteiger partial charge in [0.25, 0.3) is 0 Å². The lowest BCUT2D eigenvalue weighted by molar-refractivity contribution is -0.0729. The van der Waals surface area contributed by atoms with E-state index in [2.05, 4.69) is 13.0 Å². The molecule has 0 spiro atoms. The predicted molar refractivity (Wildman–Crippen MR) is 133 cm³/mol. The molecule has 1 aliphatic rings. The van der Waals surface area contributed by atoms with E-state index in [1.54, 1.807) is 0 Å². The topological polar surface area (TPSA) is 70.0 Å². The molecule has 0 aliphatic carbocycles. The van der Waals surface area contributed by atoms with Gasteiger partial charge in [-0.1, -0.05) is 31.5 Å². The highest BCUT2D eigenvalue weighted by atomic mass is 16.5. The maximum absolute atomic E-state index is 10.6. The zero-order valence-electron chi connectivity index (χ0n) is 20.2. The van der Waals surface area contributed by atoms with Crippen molar-refractivity contribution in [3.63, 3.8) is 0 Å². The molecule has 0 radical (unpaired) electrons. The molecule has 0 unspecified atom stereocenters. The second kappa shape index (κ2) is 11.5. The average molecular weight is 466 g/mol. The molecule has 1 aromatic heterocycles. The van der Waals surface area contributed by atoms with Crippen molar-refractivity contribution >= 4 is 10.9 Å². The molecule has 182 valence electrons. The van der Waals surface area contributed by atoms with Crippen molar-refractivity contribution in [2.45, 2.75) is 58.2 Å². The smallest absolute Gasteiger partial charge is 0.133 e. The number of fused-ring (bicyclic) bond motifs is 1. The SMILES string of the molecule is CCCCOc1c(C)c(COc2cccc(OCCC3(O)CCOCC3)c2)nc2ccccc12. The van der Waals surface area contributed by atoms with E-state index in [1.807, 2.05) is 49.4 Å². The van der Waals surface area contributed by atoms with Gasteiger partial charge in [-0.05, 0) is 50.5 Å². The summed E-state index contributed by atoms with van der Waals surface area (Å²) in [5.41, 5.74) is 2.08. The van der Waals surface area contributed by atoms with Crippen molar-refractivity contribution in [3.05, 3.63) is 59.8 Å². The summed E-state index contributed by atoms with van der Waals surface area (Å²) in [5, 5.41) is 11.6. The average Bonchev–Trinajstić information content (AvgIpc) is 2.85. The van der Waals surface area contributed by atoms with Gasteiger partial charge in [-0.2, -0.15) is 0 Å². The number of pyridine rings is 1. The van der Waals surface area contributed by atoms with Crippen molar-refractivity contribution in [2.24, 2.45) is 0 Å². The number of aromatic nitrogens is 1. The molecule has 2 heterocycles. The Balaban J connectivity index is 1.41. The lowest BCUT2D eigenvalue weighted by Gasteiger charge is -2.31. The van der Waals surface area contributed by atoms with E-state index in [0.29, 0.717) is 58.0 Å². The van der Waals surface area contributed by atoms with E-state index >= 15 is 0 Å². The molecule has 1 aliphatic heterocycles. The fraction of sp³-hybridized carbons (Fsp3) is 0.464. The lowest BCUT2D eigenvalue weighted by atomic mass is 9.91. The second-order valence-corrected chi connectivity index (χ2v) is 8.93. The standard InChI is InChI=1S/C28H35NO5/c1-3-4-15-33-27-21(2)26(29-25-11-6-5-10-24(25)27)20-34-23-9-7-8-22(19-23)32-18-14-28(30)12-16-31-17-13-28/h5-11,19,30H,3-4,12-18,20H2,1-2H3. The quantitative estimate of drug-likeness (QED) is 0.371. The molecule has 0 amide bonds. The van der Waals surface area contributed by atoms with Crippen LogP contribution in [0.2, 0.25) is 0 Å². The number of unbranched alkanes of at least 4 members (excludes halogenated alkanes) is 1. The van der Waals surface area contributed by atoms with Gasteiger partial charge in [0.2, 0.25) is 0 Å². The Bertz CT molecular complexity index is 1080. The van der Waals surface area contributed by atoms with Gasteiger partial charge in [-0.15, -0.1) is 0 Å². The molecule has 6 nitrogen and oxygen atoms in total. The highest BCUT2D eigenvalue weighted by Gasteiger charge is 2.29. The van der Waals surface area contributed by atoms with Gasteiger partial charge in [0, 0.05) is 36.7 Å². The van der Waals surface area contributed by atoms with Crippen LogP contribution in [0.4, 0.5) is 0 Å². The highest BCUT2D eigenvalue weighted by molar-refractivity contribution is 5.86. The number of hydrogen-bond donors (Lipinski definition) is 1. The Morgan fingerprint density at radius 1 is 0.971 bits per heavy atom. The molecule has 0 bridgehead atoms. The van der Waals surface area contributed by atoms with Gasteiger partial charge in [0.05, 0.1) is 30.0 Å². The Morgan fingerprint density at radius 2 is 1.74 bits per heavy atom. The van der Waals surface area contributed by atoms with Crippen LogP contribution in [0, 0.1) is 6.92 Å². The zero-order chi connectivity index (χ0) is 23.8. The van der Waals surface area contributed by atoms with Crippen LogP contribution in [0.5, 0.6) is 17.2 Å². The van der Waals surface area contributed by atoms with E-state index in [0.717, 1.165) is 46.5 Å². The van der Waals surface area contributed by atoms with Crippen LogP contribution in [-0.2, 0) is 11.3 Å². The number of aliphatic hydroxyl groups is 1. The summed E-state index contributed by atoms with van der Waals surface area (Å²) >= 11 is 0. The number of hydrogen-bond acceptors (Lipinski definition) is 6. The molecular weight excluding hydrogens is 430 g/mol. The summed E-state index contributed by atoms with van der Waals surface area (Å²) in [4.78, 5) is 4.84. The second-order valence-electron chi connectivity index (χ2n) is 8.93. The summed E-state index contributed by atoms with van der Waals surface area (Å²) < 4.78 is 23.5. The van der Waals surface area contributed by atoms with E-state index in [9.17, 15) is 5.11 Å². The summed E-state index contributed by atoms with van der Waals surface area (Å²) in [6, 6.07) is 15.7. The molecule has 2 aromatic carbocycles. The summed E-state index contributed by atoms with van der Waals surface area (Å²) in [5.74, 6) is 2.32. The largest absolute Gasteiger partial charge is 0.493 e. The Hall–Kier alpha value is -2.83. The molecule has 1 saturated heterocycles. The maximum atomic E-state index is 10.6. The third-order valence-corrected chi connectivity index (χ3v) is 6.36. The molecule has 1 N–H and O–H groups in total. The van der Waals surface area contributed by atoms with Crippen LogP contribution < -0.4 is 14.2 Å². The molecule has 3 aromatic rings. The number of benzene rings is 2. The third kappa shape index (κ3) is 6.19.